The molecule has 78 valence electrons. The summed E-state index contributed by atoms with van der Waals surface area (Å²) in [5.74, 6) is -2.28. The van der Waals surface area contributed by atoms with Crippen LogP contribution in [-0.2, 0) is 19.1 Å². The first-order valence-electron chi connectivity index (χ1n) is 3.87. The first kappa shape index (κ1) is 10.8. The van der Waals surface area contributed by atoms with Crippen LogP contribution in [0.25, 0.3) is 5.53 Å². The minimum absolute atomic E-state index is 0.281. The molecule has 1 rings (SSSR count). The van der Waals surface area contributed by atoms with E-state index in [-0.39, 0.29) is 5.57 Å². The number of amides is 2. The molecular formula is C8H7N3O4. The van der Waals surface area contributed by atoms with E-state index in [1.807, 2.05) is 0 Å². The first-order valence-corrected chi connectivity index (χ1v) is 3.87. The number of likely N-dealkylation sites (tertiary alicyclic amines) is 1. The maximum absolute atomic E-state index is 11.4. The molecule has 7 heteroatoms. The third-order valence-corrected chi connectivity index (χ3v) is 1.86. The second-order valence-corrected chi connectivity index (χ2v) is 2.70. The smallest absolute Gasteiger partial charge is 0.392 e. The van der Waals surface area contributed by atoms with Crippen molar-refractivity contribution in [2.75, 3.05) is 14.2 Å². The normalized spacial score (nSPS) is 18.4. The number of likely N-dealkylation sites (N-methyl/N-ethyl adjacent to an activating group) is 1. The number of methoxy groups -OCH3 is 1. The Kier molecular flexibility index (Phi) is 2.77. The van der Waals surface area contributed by atoms with Crippen LogP contribution >= 0.6 is 0 Å². The summed E-state index contributed by atoms with van der Waals surface area (Å²) in [5.41, 5.74) is 7.78. The van der Waals surface area contributed by atoms with Gasteiger partial charge in [-0.15, -0.1) is 0 Å². The van der Waals surface area contributed by atoms with Crippen molar-refractivity contribution in [1.82, 2.24) is 4.90 Å². The van der Waals surface area contributed by atoms with Crippen LogP contribution in [0.4, 0.5) is 0 Å². The highest BCUT2D eigenvalue weighted by Crippen LogP contribution is 2.13. The molecule has 7 nitrogen and oxygen atoms in total. The lowest BCUT2D eigenvalue weighted by Gasteiger charge is -1.99. The molecule has 0 saturated carbocycles. The zero-order chi connectivity index (χ0) is 11.6. The zero-order valence-corrected chi connectivity index (χ0v) is 8.05. The van der Waals surface area contributed by atoms with Gasteiger partial charge in [-0.3, -0.25) is 14.5 Å². The van der Waals surface area contributed by atoms with Gasteiger partial charge >= 0.3 is 17.6 Å². The molecule has 2 amide bonds. The molecule has 1 heterocycles. The highest BCUT2D eigenvalue weighted by Gasteiger charge is 2.45. The van der Waals surface area contributed by atoms with Gasteiger partial charge in [0.15, 0.2) is 0 Å². The molecule has 15 heavy (non-hydrogen) atoms. The molecule has 0 aliphatic carbocycles. The van der Waals surface area contributed by atoms with Crippen molar-refractivity contribution in [1.29, 1.82) is 0 Å². The van der Waals surface area contributed by atoms with Crippen molar-refractivity contribution in [3.05, 3.63) is 17.2 Å². The van der Waals surface area contributed by atoms with E-state index in [4.69, 9.17) is 5.53 Å². The van der Waals surface area contributed by atoms with Crippen LogP contribution in [0.2, 0.25) is 0 Å². The molecule has 0 spiro atoms. The van der Waals surface area contributed by atoms with E-state index in [9.17, 15) is 14.4 Å². The largest absolute Gasteiger partial charge is 0.466 e. The maximum atomic E-state index is 11.4. The van der Waals surface area contributed by atoms with Crippen LogP contribution in [0.15, 0.2) is 11.6 Å². The number of esters is 1. The molecule has 1 aliphatic heterocycles. The topological polar surface area (TPSA) is 100 Å². The molecule has 1 saturated heterocycles. The van der Waals surface area contributed by atoms with Gasteiger partial charge in [-0.2, -0.15) is 4.79 Å². The van der Waals surface area contributed by atoms with E-state index in [0.29, 0.717) is 0 Å². The Bertz CT molecular complexity index is 431. The number of carbonyl (C=O) groups excluding carboxylic acids is 3. The van der Waals surface area contributed by atoms with Crippen molar-refractivity contribution in [2.45, 2.75) is 0 Å². The fourth-order valence-electron chi connectivity index (χ4n) is 1.05. The van der Waals surface area contributed by atoms with Gasteiger partial charge in [0.1, 0.15) is 5.57 Å². The third-order valence-electron chi connectivity index (χ3n) is 1.86. The summed E-state index contributed by atoms with van der Waals surface area (Å²) in [6, 6.07) is 0. The number of hydrogen-bond acceptors (Lipinski definition) is 4. The number of carbonyl (C=O) groups is 3. The SMILES string of the molecule is COC(=O)/C=C1/C(=O)N(C)C(=O)C1=[N+]=[N-]. The van der Waals surface area contributed by atoms with Crippen molar-refractivity contribution < 1.29 is 23.9 Å². The first-order chi connectivity index (χ1) is 7.02. The van der Waals surface area contributed by atoms with E-state index >= 15 is 0 Å². The Labute approximate surface area is 84.5 Å². The lowest BCUT2D eigenvalue weighted by molar-refractivity contribution is -0.137. The molecule has 0 N–H and O–H groups in total. The Morgan fingerprint density at radius 1 is 1.47 bits per heavy atom. The van der Waals surface area contributed by atoms with Crippen molar-refractivity contribution in [2.24, 2.45) is 0 Å². The minimum atomic E-state index is -0.803. The fraction of sp³-hybridized carbons (Fsp3) is 0.250. The van der Waals surface area contributed by atoms with E-state index in [1.165, 1.54) is 7.05 Å². The van der Waals surface area contributed by atoms with E-state index in [1.54, 1.807) is 0 Å². The average Bonchev–Trinajstić information content (AvgIpc) is 2.43. The van der Waals surface area contributed by atoms with Gasteiger partial charge in [0.25, 0.3) is 5.91 Å². The molecule has 0 bridgehead atoms. The minimum Gasteiger partial charge on any atom is -0.466 e. The molecule has 0 aromatic carbocycles. The summed E-state index contributed by atoms with van der Waals surface area (Å²) >= 11 is 0. The quantitative estimate of drug-likeness (QED) is 0.177. The Balaban J connectivity index is 3.25. The Morgan fingerprint density at radius 2 is 2.07 bits per heavy atom. The van der Waals surface area contributed by atoms with Crippen molar-refractivity contribution in [3.8, 4) is 0 Å². The molecule has 0 aromatic rings. The van der Waals surface area contributed by atoms with Crippen LogP contribution < -0.4 is 0 Å². The van der Waals surface area contributed by atoms with Gasteiger partial charge in [-0.25, -0.2) is 4.79 Å². The summed E-state index contributed by atoms with van der Waals surface area (Å²) in [6.07, 6.45) is 0.804. The van der Waals surface area contributed by atoms with Crippen LogP contribution in [0.1, 0.15) is 0 Å². The summed E-state index contributed by atoms with van der Waals surface area (Å²) in [5, 5.41) is 0. The van der Waals surface area contributed by atoms with Gasteiger partial charge < -0.3 is 10.3 Å². The molecular weight excluding hydrogens is 202 g/mol. The molecule has 0 radical (unpaired) electrons. The predicted octanol–water partition coefficient (Wildman–Crippen LogP) is -1.24. The Hall–Kier alpha value is -2.27. The van der Waals surface area contributed by atoms with Gasteiger partial charge in [-0.05, 0) is 0 Å². The van der Waals surface area contributed by atoms with E-state index in [2.05, 4.69) is 9.53 Å². The van der Waals surface area contributed by atoms with Crippen LogP contribution in [0, 0.1) is 0 Å². The second-order valence-electron chi connectivity index (χ2n) is 2.70. The number of rotatable bonds is 1. The molecule has 0 aromatic heterocycles. The van der Waals surface area contributed by atoms with Gasteiger partial charge in [0, 0.05) is 13.1 Å². The lowest BCUT2D eigenvalue weighted by atomic mass is 10.2. The summed E-state index contributed by atoms with van der Waals surface area (Å²) in [6.45, 7) is 0. The Morgan fingerprint density at radius 3 is 2.53 bits per heavy atom. The number of hydrogen-bond donors (Lipinski definition) is 0. The predicted molar refractivity (Wildman–Crippen MR) is 46.5 cm³/mol. The summed E-state index contributed by atoms with van der Waals surface area (Å²) < 4.78 is 4.29. The van der Waals surface area contributed by atoms with E-state index < -0.39 is 23.5 Å². The third kappa shape index (κ3) is 1.68. The van der Waals surface area contributed by atoms with Crippen molar-refractivity contribution >= 4 is 23.5 Å². The van der Waals surface area contributed by atoms with Gasteiger partial charge in [0.2, 0.25) is 0 Å². The van der Waals surface area contributed by atoms with Crippen LogP contribution in [0.3, 0.4) is 0 Å². The fourth-order valence-corrected chi connectivity index (χ4v) is 1.05. The number of imide groups is 1. The summed E-state index contributed by atoms with van der Waals surface area (Å²) in [4.78, 5) is 36.9. The summed E-state index contributed by atoms with van der Waals surface area (Å²) in [7, 11) is 2.34. The molecule has 0 unspecified atom stereocenters. The standard InChI is InChI=1S/C8H7N3O4/c1-11-7(13)4(3-5(12)15-2)6(10-9)8(11)14/h3H,1-2H3/b4-3+. The number of ether oxygens (including phenoxy) is 1. The van der Waals surface area contributed by atoms with Gasteiger partial charge in [0.05, 0.1) is 7.11 Å². The lowest BCUT2D eigenvalue weighted by Crippen LogP contribution is -2.26. The second kappa shape index (κ2) is 3.85. The monoisotopic (exact) mass is 209 g/mol. The number of nitrogens with zero attached hydrogens (tertiary/aromatic N) is 3. The average molecular weight is 209 g/mol. The van der Waals surface area contributed by atoms with E-state index in [0.717, 1.165) is 18.1 Å². The highest BCUT2D eigenvalue weighted by molar-refractivity contribution is 6.57. The molecule has 1 fully saturated rings. The molecule has 1 aliphatic rings. The highest BCUT2D eigenvalue weighted by atomic mass is 16.5. The zero-order valence-electron chi connectivity index (χ0n) is 8.05. The van der Waals surface area contributed by atoms with Crippen LogP contribution in [0.5, 0.6) is 0 Å². The van der Waals surface area contributed by atoms with Crippen molar-refractivity contribution in [3.63, 3.8) is 0 Å². The van der Waals surface area contributed by atoms with Gasteiger partial charge in [-0.1, -0.05) is 0 Å². The maximum Gasteiger partial charge on any atom is 0.392 e. The van der Waals surface area contributed by atoms with Crippen LogP contribution in [-0.4, -0.2) is 47.3 Å². The molecule has 0 atom stereocenters.